The maximum absolute atomic E-state index is 6.29. The number of alkyl halides is 1. The number of nitrogens with zero attached hydrogens (tertiary/aromatic N) is 3. The van der Waals surface area contributed by atoms with E-state index in [0.717, 1.165) is 32.7 Å². The molecule has 0 bridgehead atoms. The van der Waals surface area contributed by atoms with Crippen LogP contribution in [-0.4, -0.2) is 14.5 Å². The van der Waals surface area contributed by atoms with Gasteiger partial charge in [-0.3, -0.25) is 4.57 Å². The van der Waals surface area contributed by atoms with E-state index in [9.17, 15) is 0 Å². The fourth-order valence-electron chi connectivity index (χ4n) is 2.23. The maximum Gasteiger partial charge on any atom is 0.164 e. The summed E-state index contributed by atoms with van der Waals surface area (Å²) in [4.78, 5) is 9.11. The van der Waals surface area contributed by atoms with Gasteiger partial charge in [0.1, 0.15) is 11.3 Å². The minimum absolute atomic E-state index is 0.234. The molecule has 0 amide bonds. The van der Waals surface area contributed by atoms with Gasteiger partial charge in [-0.15, -0.1) is 11.6 Å². The molecule has 2 aromatic heterocycles. The number of hydrogen-bond acceptors (Lipinski definition) is 2. The monoisotopic (exact) mass is 383 g/mol. The molecule has 0 aliphatic carbocycles. The first-order chi connectivity index (χ1) is 9.97. The van der Waals surface area contributed by atoms with Crippen molar-refractivity contribution in [3.8, 4) is 5.69 Å². The van der Waals surface area contributed by atoms with Crippen molar-refractivity contribution in [3.63, 3.8) is 0 Å². The predicted molar refractivity (Wildman–Crippen MR) is 90.6 cm³/mol. The highest BCUT2D eigenvalue weighted by molar-refractivity contribution is 9.10. The highest BCUT2D eigenvalue weighted by Gasteiger charge is 2.18. The van der Waals surface area contributed by atoms with Gasteiger partial charge in [-0.1, -0.05) is 11.6 Å². The molecule has 0 saturated carbocycles. The van der Waals surface area contributed by atoms with Crippen molar-refractivity contribution in [1.29, 1.82) is 0 Å². The van der Waals surface area contributed by atoms with Crippen LogP contribution in [0.4, 0.5) is 0 Å². The van der Waals surface area contributed by atoms with Crippen LogP contribution in [-0.2, 0) is 0 Å². The molecule has 0 radical (unpaired) electrons. The van der Waals surface area contributed by atoms with Crippen LogP contribution >= 0.6 is 39.1 Å². The zero-order valence-electron chi connectivity index (χ0n) is 11.4. The molecule has 0 aliphatic heterocycles. The van der Waals surface area contributed by atoms with Crippen molar-refractivity contribution in [2.24, 2.45) is 0 Å². The molecule has 0 spiro atoms. The molecule has 3 nitrogen and oxygen atoms in total. The van der Waals surface area contributed by atoms with Gasteiger partial charge < -0.3 is 0 Å². The average Bonchev–Trinajstić information content (AvgIpc) is 2.80. The number of hydrogen-bond donors (Lipinski definition) is 0. The van der Waals surface area contributed by atoms with Gasteiger partial charge in [0.15, 0.2) is 5.65 Å². The second-order valence-electron chi connectivity index (χ2n) is 4.88. The number of rotatable bonds is 2. The predicted octanol–water partition coefficient (Wildman–Crippen LogP) is 5.44. The molecule has 0 fully saturated rings. The van der Waals surface area contributed by atoms with Crippen molar-refractivity contribution < 1.29 is 0 Å². The van der Waals surface area contributed by atoms with Crippen molar-refractivity contribution in [3.05, 3.63) is 51.3 Å². The second kappa shape index (κ2) is 5.59. The van der Waals surface area contributed by atoms with E-state index >= 15 is 0 Å². The molecule has 21 heavy (non-hydrogen) atoms. The Labute approximate surface area is 141 Å². The molecule has 1 aromatic carbocycles. The maximum atomic E-state index is 6.29. The molecular weight excluding hydrogens is 373 g/mol. The van der Waals surface area contributed by atoms with E-state index in [1.165, 1.54) is 0 Å². The Morgan fingerprint density at radius 1 is 1.29 bits per heavy atom. The molecule has 1 atom stereocenters. The fourth-order valence-corrected chi connectivity index (χ4v) is 2.80. The normalized spacial score (nSPS) is 12.8. The molecular formula is C15H12BrCl2N3. The van der Waals surface area contributed by atoms with Gasteiger partial charge in [0.2, 0.25) is 0 Å². The van der Waals surface area contributed by atoms with E-state index in [0.29, 0.717) is 5.02 Å². The van der Waals surface area contributed by atoms with Crippen LogP contribution in [0.5, 0.6) is 0 Å². The Morgan fingerprint density at radius 2 is 2.05 bits per heavy atom. The largest absolute Gasteiger partial charge is 0.279 e. The minimum atomic E-state index is -0.234. The Bertz CT molecular complexity index is 827. The lowest BCUT2D eigenvalue weighted by Crippen LogP contribution is -2.02. The lowest BCUT2D eigenvalue weighted by molar-refractivity contribution is 0.877. The first-order valence-electron chi connectivity index (χ1n) is 6.42. The third kappa shape index (κ3) is 2.68. The van der Waals surface area contributed by atoms with E-state index in [1.807, 2.05) is 48.9 Å². The third-order valence-corrected chi connectivity index (χ3v) is 4.60. The summed E-state index contributed by atoms with van der Waals surface area (Å²) < 4.78 is 2.80. The van der Waals surface area contributed by atoms with Crippen LogP contribution in [0.1, 0.15) is 23.7 Å². The Kier molecular flexibility index (Phi) is 3.95. The first-order valence-corrected chi connectivity index (χ1v) is 8.02. The van der Waals surface area contributed by atoms with E-state index in [2.05, 4.69) is 25.9 Å². The molecule has 0 aliphatic rings. The van der Waals surface area contributed by atoms with Crippen LogP contribution in [0.15, 0.2) is 34.9 Å². The molecule has 1 unspecified atom stereocenters. The van der Waals surface area contributed by atoms with Crippen molar-refractivity contribution >= 4 is 50.3 Å². The fraction of sp³-hybridized carbons (Fsp3) is 0.200. The van der Waals surface area contributed by atoms with E-state index < -0.39 is 0 Å². The number of halogens is 3. The standard InChI is InChI=1S/C15H12BrCl2N3/c1-8-5-13-15(19-7-8)21(14(20-13)9(2)17)10-3-4-11(16)12(18)6-10/h3-7,9H,1-2H3. The van der Waals surface area contributed by atoms with Crippen LogP contribution in [0.25, 0.3) is 16.9 Å². The average molecular weight is 385 g/mol. The lowest BCUT2D eigenvalue weighted by Gasteiger charge is -2.11. The summed E-state index contributed by atoms with van der Waals surface area (Å²) in [7, 11) is 0. The third-order valence-electron chi connectivity index (χ3n) is 3.18. The van der Waals surface area contributed by atoms with E-state index in [-0.39, 0.29) is 5.38 Å². The molecule has 3 aromatic rings. The molecule has 0 N–H and O–H groups in total. The van der Waals surface area contributed by atoms with Gasteiger partial charge in [-0.2, -0.15) is 0 Å². The van der Waals surface area contributed by atoms with Gasteiger partial charge in [0, 0.05) is 10.7 Å². The van der Waals surface area contributed by atoms with Gasteiger partial charge in [0.25, 0.3) is 0 Å². The second-order valence-corrected chi connectivity index (χ2v) is 6.79. The Hall–Kier alpha value is -1.10. The SMILES string of the molecule is Cc1cnc2c(c1)nc(C(C)Cl)n2-c1ccc(Br)c(Cl)c1. The smallest absolute Gasteiger partial charge is 0.164 e. The zero-order valence-corrected chi connectivity index (χ0v) is 14.5. The van der Waals surface area contributed by atoms with Gasteiger partial charge >= 0.3 is 0 Å². The summed E-state index contributed by atoms with van der Waals surface area (Å²) >= 11 is 15.9. The van der Waals surface area contributed by atoms with Gasteiger partial charge in [0.05, 0.1) is 16.1 Å². The van der Waals surface area contributed by atoms with Crippen molar-refractivity contribution in [2.45, 2.75) is 19.2 Å². The molecule has 0 saturated heterocycles. The van der Waals surface area contributed by atoms with E-state index in [4.69, 9.17) is 23.2 Å². The highest BCUT2D eigenvalue weighted by atomic mass is 79.9. The summed E-state index contributed by atoms with van der Waals surface area (Å²) in [5.74, 6) is 0.753. The van der Waals surface area contributed by atoms with Crippen LogP contribution < -0.4 is 0 Å². The molecule has 3 rings (SSSR count). The number of aromatic nitrogens is 3. The molecule has 2 heterocycles. The van der Waals surface area contributed by atoms with Gasteiger partial charge in [-0.05, 0) is 59.6 Å². The summed E-state index contributed by atoms with van der Waals surface area (Å²) in [6.07, 6.45) is 1.82. The van der Waals surface area contributed by atoms with Gasteiger partial charge in [-0.25, -0.2) is 9.97 Å². The first kappa shape index (κ1) is 14.8. The van der Waals surface area contributed by atoms with Crippen LogP contribution in [0.3, 0.4) is 0 Å². The topological polar surface area (TPSA) is 30.7 Å². The zero-order chi connectivity index (χ0) is 15.1. The molecule has 6 heteroatoms. The minimum Gasteiger partial charge on any atom is -0.279 e. The lowest BCUT2D eigenvalue weighted by atomic mass is 10.3. The Balaban J connectivity index is 2.33. The van der Waals surface area contributed by atoms with Crippen molar-refractivity contribution in [1.82, 2.24) is 14.5 Å². The summed E-state index contributed by atoms with van der Waals surface area (Å²) in [5, 5.41) is 0.400. The summed E-state index contributed by atoms with van der Waals surface area (Å²) in [6.45, 7) is 3.89. The number of aryl methyl sites for hydroxylation is 1. The summed E-state index contributed by atoms with van der Waals surface area (Å²) in [6, 6.07) is 7.74. The van der Waals surface area contributed by atoms with Crippen LogP contribution in [0.2, 0.25) is 5.02 Å². The van der Waals surface area contributed by atoms with Crippen molar-refractivity contribution in [2.75, 3.05) is 0 Å². The number of benzene rings is 1. The highest BCUT2D eigenvalue weighted by Crippen LogP contribution is 2.30. The number of imidazole rings is 1. The Morgan fingerprint density at radius 3 is 2.71 bits per heavy atom. The number of fused-ring (bicyclic) bond motifs is 1. The number of pyridine rings is 1. The summed E-state index contributed by atoms with van der Waals surface area (Å²) in [5.41, 5.74) is 3.57. The van der Waals surface area contributed by atoms with Crippen LogP contribution in [0, 0.1) is 6.92 Å². The quantitative estimate of drug-likeness (QED) is 0.550. The van der Waals surface area contributed by atoms with E-state index in [1.54, 1.807) is 0 Å². The molecule has 108 valence electrons.